The van der Waals surface area contributed by atoms with Crippen LogP contribution in [0.15, 0.2) is 16.7 Å². The van der Waals surface area contributed by atoms with Crippen LogP contribution in [0.5, 0.6) is 0 Å². The molecule has 2 heterocycles. The van der Waals surface area contributed by atoms with E-state index in [0.717, 1.165) is 10.6 Å². The molecule has 0 saturated heterocycles. The van der Waals surface area contributed by atoms with Crippen LogP contribution >= 0.6 is 11.3 Å². The number of thiophene rings is 1. The van der Waals surface area contributed by atoms with Crippen LogP contribution in [0.25, 0.3) is 10.6 Å². The van der Waals surface area contributed by atoms with E-state index in [2.05, 4.69) is 11.1 Å². The molecule has 3 nitrogen and oxygen atoms in total. The summed E-state index contributed by atoms with van der Waals surface area (Å²) >= 11 is 1.80. The van der Waals surface area contributed by atoms with E-state index in [1.165, 1.54) is 29.7 Å². The molecule has 0 bridgehead atoms. The molecule has 4 heteroatoms. The van der Waals surface area contributed by atoms with Gasteiger partial charge in [0.1, 0.15) is 0 Å². The number of fused-ring (bicyclic) bond motifs is 1. The third-order valence-corrected chi connectivity index (χ3v) is 3.76. The minimum atomic E-state index is 0.244. The quantitative estimate of drug-likeness (QED) is 0.779. The normalized spacial score (nSPS) is 14.6. The SMILES string of the molecule is Nc1ncc(-c2cc3c(s2)CCC3)o1. The lowest BCUT2D eigenvalue weighted by atomic mass is 10.2. The number of aryl methyl sites for hydroxylation is 2. The standard InChI is InChI=1S/C10H10N2OS/c11-10-12-5-7(13-10)9-4-6-2-1-3-8(6)14-9/h4-5H,1-3H2,(H2,11,12). The van der Waals surface area contributed by atoms with Gasteiger partial charge in [0.25, 0.3) is 6.01 Å². The third-order valence-electron chi connectivity index (χ3n) is 2.51. The molecule has 0 radical (unpaired) electrons. The van der Waals surface area contributed by atoms with E-state index in [0.29, 0.717) is 0 Å². The Morgan fingerprint density at radius 1 is 1.43 bits per heavy atom. The van der Waals surface area contributed by atoms with Gasteiger partial charge < -0.3 is 10.2 Å². The van der Waals surface area contributed by atoms with Gasteiger partial charge in [0.05, 0.1) is 11.1 Å². The fraction of sp³-hybridized carbons (Fsp3) is 0.300. The lowest BCUT2D eigenvalue weighted by Crippen LogP contribution is -1.79. The molecule has 2 aromatic rings. The maximum atomic E-state index is 5.43. The Hall–Kier alpha value is -1.29. The fourth-order valence-electron chi connectivity index (χ4n) is 1.85. The van der Waals surface area contributed by atoms with E-state index in [-0.39, 0.29) is 6.01 Å². The Balaban J connectivity index is 2.05. The van der Waals surface area contributed by atoms with E-state index in [1.54, 1.807) is 17.5 Å². The molecule has 1 aliphatic carbocycles. The lowest BCUT2D eigenvalue weighted by molar-refractivity contribution is 0.596. The third kappa shape index (κ3) is 1.14. The number of anilines is 1. The number of aromatic nitrogens is 1. The predicted molar refractivity (Wildman–Crippen MR) is 56.3 cm³/mol. The smallest absolute Gasteiger partial charge is 0.292 e. The average Bonchev–Trinajstić information content (AvgIpc) is 2.75. The Bertz CT molecular complexity index is 451. The lowest BCUT2D eigenvalue weighted by Gasteiger charge is -1.88. The minimum Gasteiger partial charge on any atom is -0.423 e. The summed E-state index contributed by atoms with van der Waals surface area (Å²) in [5.74, 6) is 0.793. The van der Waals surface area contributed by atoms with Crippen molar-refractivity contribution in [2.75, 3.05) is 5.73 Å². The molecule has 72 valence electrons. The van der Waals surface area contributed by atoms with Crippen molar-refractivity contribution in [3.63, 3.8) is 0 Å². The zero-order chi connectivity index (χ0) is 9.54. The van der Waals surface area contributed by atoms with Gasteiger partial charge in [-0.15, -0.1) is 11.3 Å². The summed E-state index contributed by atoms with van der Waals surface area (Å²) in [5.41, 5.74) is 6.91. The van der Waals surface area contributed by atoms with E-state index in [9.17, 15) is 0 Å². The molecule has 2 N–H and O–H groups in total. The number of nitrogens with zero attached hydrogens (tertiary/aromatic N) is 1. The van der Waals surface area contributed by atoms with Crippen LogP contribution in [0.3, 0.4) is 0 Å². The van der Waals surface area contributed by atoms with E-state index in [4.69, 9.17) is 10.2 Å². The van der Waals surface area contributed by atoms with Crippen LogP contribution in [0.1, 0.15) is 16.9 Å². The molecule has 0 atom stereocenters. The van der Waals surface area contributed by atoms with Gasteiger partial charge in [-0.2, -0.15) is 0 Å². The molecular weight excluding hydrogens is 196 g/mol. The van der Waals surface area contributed by atoms with Crippen molar-refractivity contribution >= 4 is 17.4 Å². The summed E-state index contributed by atoms with van der Waals surface area (Å²) in [5, 5.41) is 0. The highest BCUT2D eigenvalue weighted by molar-refractivity contribution is 7.15. The molecule has 0 aliphatic heterocycles. The fourth-order valence-corrected chi connectivity index (χ4v) is 3.05. The van der Waals surface area contributed by atoms with Crippen LogP contribution in [-0.4, -0.2) is 4.98 Å². The molecule has 0 unspecified atom stereocenters. The second-order valence-electron chi connectivity index (χ2n) is 3.48. The topological polar surface area (TPSA) is 52.0 Å². The van der Waals surface area contributed by atoms with Crippen molar-refractivity contribution in [3.05, 3.63) is 22.7 Å². The first-order valence-electron chi connectivity index (χ1n) is 4.66. The Labute approximate surface area is 85.6 Å². The Morgan fingerprint density at radius 2 is 2.36 bits per heavy atom. The van der Waals surface area contributed by atoms with E-state index >= 15 is 0 Å². The number of nitrogen functional groups attached to an aromatic ring is 1. The number of hydrogen-bond acceptors (Lipinski definition) is 4. The highest BCUT2D eigenvalue weighted by Crippen LogP contribution is 2.36. The molecule has 3 rings (SSSR count). The Morgan fingerprint density at radius 3 is 3.07 bits per heavy atom. The van der Waals surface area contributed by atoms with Crippen LogP contribution in [0, 0.1) is 0 Å². The second kappa shape index (κ2) is 2.85. The first kappa shape index (κ1) is 8.05. The summed E-state index contributed by atoms with van der Waals surface area (Å²) in [7, 11) is 0. The van der Waals surface area contributed by atoms with Gasteiger partial charge in [0, 0.05) is 4.88 Å². The highest BCUT2D eigenvalue weighted by Gasteiger charge is 2.17. The molecule has 0 spiro atoms. The summed E-state index contributed by atoms with van der Waals surface area (Å²) in [6.45, 7) is 0. The maximum Gasteiger partial charge on any atom is 0.292 e. The van der Waals surface area contributed by atoms with Gasteiger partial charge in [-0.05, 0) is 30.9 Å². The van der Waals surface area contributed by atoms with Gasteiger partial charge in [-0.25, -0.2) is 4.98 Å². The van der Waals surface area contributed by atoms with Crippen molar-refractivity contribution in [2.45, 2.75) is 19.3 Å². The van der Waals surface area contributed by atoms with Gasteiger partial charge in [0.2, 0.25) is 0 Å². The first-order chi connectivity index (χ1) is 6.83. The number of hydrogen-bond donors (Lipinski definition) is 1. The molecule has 14 heavy (non-hydrogen) atoms. The van der Waals surface area contributed by atoms with Crippen LogP contribution in [0.2, 0.25) is 0 Å². The molecule has 0 saturated carbocycles. The van der Waals surface area contributed by atoms with Gasteiger partial charge in [-0.3, -0.25) is 0 Å². The van der Waals surface area contributed by atoms with E-state index < -0.39 is 0 Å². The number of rotatable bonds is 1. The highest BCUT2D eigenvalue weighted by atomic mass is 32.1. The Kier molecular flexibility index (Phi) is 1.64. The zero-order valence-corrected chi connectivity index (χ0v) is 8.43. The number of nitrogens with two attached hydrogens (primary N) is 1. The molecular formula is C10H10N2OS. The van der Waals surface area contributed by atoms with Crippen LogP contribution < -0.4 is 5.73 Å². The summed E-state index contributed by atoms with van der Waals surface area (Å²) in [6.07, 6.45) is 5.40. The van der Waals surface area contributed by atoms with Crippen LogP contribution in [0.4, 0.5) is 6.01 Å². The monoisotopic (exact) mass is 206 g/mol. The average molecular weight is 206 g/mol. The molecule has 0 aromatic carbocycles. The molecule has 2 aromatic heterocycles. The summed E-state index contributed by atoms with van der Waals surface area (Å²) < 4.78 is 5.28. The van der Waals surface area contributed by atoms with Crippen LogP contribution in [-0.2, 0) is 12.8 Å². The minimum absolute atomic E-state index is 0.244. The van der Waals surface area contributed by atoms with Gasteiger partial charge in [-0.1, -0.05) is 0 Å². The molecule has 1 aliphatic rings. The van der Waals surface area contributed by atoms with Crippen molar-refractivity contribution in [3.8, 4) is 10.6 Å². The van der Waals surface area contributed by atoms with Crippen molar-refractivity contribution in [1.29, 1.82) is 0 Å². The number of oxazole rings is 1. The van der Waals surface area contributed by atoms with Crippen molar-refractivity contribution in [2.24, 2.45) is 0 Å². The van der Waals surface area contributed by atoms with Crippen molar-refractivity contribution < 1.29 is 4.42 Å². The predicted octanol–water partition coefficient (Wildman–Crippen LogP) is 2.47. The largest absolute Gasteiger partial charge is 0.423 e. The second-order valence-corrected chi connectivity index (χ2v) is 4.61. The summed E-state index contributed by atoms with van der Waals surface area (Å²) in [4.78, 5) is 6.54. The summed E-state index contributed by atoms with van der Waals surface area (Å²) in [6, 6.07) is 2.45. The molecule has 0 amide bonds. The molecule has 0 fully saturated rings. The zero-order valence-electron chi connectivity index (χ0n) is 7.62. The van der Waals surface area contributed by atoms with E-state index in [1.807, 2.05) is 0 Å². The first-order valence-corrected chi connectivity index (χ1v) is 5.48. The maximum absolute atomic E-state index is 5.43. The van der Waals surface area contributed by atoms with Gasteiger partial charge in [0.15, 0.2) is 5.76 Å². The van der Waals surface area contributed by atoms with Crippen molar-refractivity contribution in [1.82, 2.24) is 4.98 Å². The van der Waals surface area contributed by atoms with Gasteiger partial charge >= 0.3 is 0 Å².